The van der Waals surface area contributed by atoms with Gasteiger partial charge >= 0.3 is 5.97 Å². The molecule has 1 aromatic rings. The molecule has 0 aromatic heterocycles. The van der Waals surface area contributed by atoms with Gasteiger partial charge in [-0.2, -0.15) is 0 Å². The molecule has 0 heterocycles. The van der Waals surface area contributed by atoms with Gasteiger partial charge in [0.05, 0.1) is 0 Å². The van der Waals surface area contributed by atoms with Crippen molar-refractivity contribution in [3.05, 3.63) is 29.8 Å². The van der Waals surface area contributed by atoms with Crippen molar-refractivity contribution in [3.63, 3.8) is 0 Å². The first-order valence-corrected chi connectivity index (χ1v) is 6.69. The second kappa shape index (κ2) is 5.21. The zero-order chi connectivity index (χ0) is 14.0. The Hall–Kier alpha value is -1.55. The highest BCUT2D eigenvalue weighted by atomic mass is 16.5. The number of hydrogen-bond acceptors (Lipinski definition) is 3. The number of nitrogens with two attached hydrogens (primary N) is 1. The highest BCUT2D eigenvalue weighted by Gasteiger charge is 2.43. The van der Waals surface area contributed by atoms with E-state index in [1.54, 1.807) is 0 Å². The van der Waals surface area contributed by atoms with Crippen molar-refractivity contribution in [1.29, 1.82) is 0 Å². The van der Waals surface area contributed by atoms with Crippen LogP contribution in [0.5, 0.6) is 5.75 Å². The molecule has 104 valence electrons. The molecule has 0 bridgehead atoms. The Bertz CT molecular complexity index is 455. The number of carboxylic acids is 1. The van der Waals surface area contributed by atoms with Crippen molar-refractivity contribution in [1.82, 2.24) is 0 Å². The molecule has 19 heavy (non-hydrogen) atoms. The van der Waals surface area contributed by atoms with Gasteiger partial charge in [0.15, 0.2) is 0 Å². The van der Waals surface area contributed by atoms with Crippen molar-refractivity contribution >= 4 is 5.97 Å². The Kier molecular flexibility index (Phi) is 3.80. The van der Waals surface area contributed by atoms with Crippen molar-refractivity contribution in [2.75, 3.05) is 0 Å². The summed E-state index contributed by atoms with van der Waals surface area (Å²) in [5.41, 5.74) is 5.97. The summed E-state index contributed by atoms with van der Waals surface area (Å²) in [6.45, 7) is 4.28. The maximum Gasteiger partial charge on any atom is 0.323 e. The minimum Gasteiger partial charge on any atom is -0.490 e. The Morgan fingerprint density at radius 1 is 1.42 bits per heavy atom. The molecule has 1 aliphatic carbocycles. The van der Waals surface area contributed by atoms with E-state index in [9.17, 15) is 4.79 Å². The number of hydrogen-bond donors (Lipinski definition) is 2. The zero-order valence-corrected chi connectivity index (χ0v) is 11.4. The van der Waals surface area contributed by atoms with E-state index in [1.807, 2.05) is 24.3 Å². The summed E-state index contributed by atoms with van der Waals surface area (Å²) in [6, 6.07) is 7.96. The second-order valence-corrected chi connectivity index (χ2v) is 5.67. The molecular weight excluding hydrogens is 242 g/mol. The number of benzene rings is 1. The van der Waals surface area contributed by atoms with E-state index >= 15 is 0 Å². The SMILES string of the molecule is CC(C)c1ccc(OC2CCC(N)(C(=O)O)C2)cc1. The quantitative estimate of drug-likeness (QED) is 0.875. The van der Waals surface area contributed by atoms with Gasteiger partial charge < -0.3 is 15.6 Å². The summed E-state index contributed by atoms with van der Waals surface area (Å²) in [5.74, 6) is 0.335. The fraction of sp³-hybridized carbons (Fsp3) is 0.533. The molecule has 0 spiro atoms. The molecule has 0 radical (unpaired) electrons. The molecule has 2 unspecified atom stereocenters. The van der Waals surface area contributed by atoms with Gasteiger partial charge in [-0.15, -0.1) is 0 Å². The Morgan fingerprint density at radius 3 is 2.53 bits per heavy atom. The molecule has 2 atom stereocenters. The fourth-order valence-corrected chi connectivity index (χ4v) is 2.45. The van der Waals surface area contributed by atoms with E-state index in [-0.39, 0.29) is 6.10 Å². The molecule has 2 rings (SSSR count). The van der Waals surface area contributed by atoms with Crippen LogP contribution >= 0.6 is 0 Å². The number of carbonyl (C=O) groups is 1. The standard InChI is InChI=1S/C15H21NO3/c1-10(2)11-3-5-12(6-4-11)19-13-7-8-15(16,9-13)14(17)18/h3-6,10,13H,7-9,16H2,1-2H3,(H,17,18). The third-order valence-electron chi connectivity index (χ3n) is 3.78. The van der Waals surface area contributed by atoms with Gasteiger partial charge in [-0.3, -0.25) is 4.79 Å². The highest BCUT2D eigenvalue weighted by molar-refractivity contribution is 5.79. The van der Waals surface area contributed by atoms with Crippen LogP contribution in [-0.4, -0.2) is 22.7 Å². The predicted octanol–water partition coefficient (Wildman–Crippen LogP) is 2.52. The first-order valence-electron chi connectivity index (χ1n) is 6.69. The molecule has 4 heteroatoms. The summed E-state index contributed by atoms with van der Waals surface area (Å²) in [7, 11) is 0. The molecule has 4 nitrogen and oxygen atoms in total. The molecule has 1 aromatic carbocycles. The molecule has 1 aliphatic rings. The van der Waals surface area contributed by atoms with Crippen LogP contribution in [0.4, 0.5) is 0 Å². The lowest BCUT2D eigenvalue weighted by molar-refractivity contribution is -0.143. The van der Waals surface area contributed by atoms with Gasteiger partial charge in [0.1, 0.15) is 17.4 Å². The first-order chi connectivity index (χ1) is 8.90. The molecule has 1 saturated carbocycles. The zero-order valence-electron chi connectivity index (χ0n) is 11.4. The van der Waals surface area contributed by atoms with E-state index in [1.165, 1.54) is 5.56 Å². The monoisotopic (exact) mass is 263 g/mol. The maximum absolute atomic E-state index is 11.1. The lowest BCUT2D eigenvalue weighted by Crippen LogP contribution is -2.46. The lowest BCUT2D eigenvalue weighted by atomic mass is 10.00. The third-order valence-corrected chi connectivity index (χ3v) is 3.78. The number of aliphatic carboxylic acids is 1. The van der Waals surface area contributed by atoms with Gasteiger partial charge in [-0.1, -0.05) is 26.0 Å². The van der Waals surface area contributed by atoms with Crippen LogP contribution in [0, 0.1) is 0 Å². The van der Waals surface area contributed by atoms with Crippen LogP contribution in [0.3, 0.4) is 0 Å². The minimum absolute atomic E-state index is 0.106. The van der Waals surface area contributed by atoms with Crippen molar-refractivity contribution < 1.29 is 14.6 Å². The second-order valence-electron chi connectivity index (χ2n) is 5.67. The van der Waals surface area contributed by atoms with Crippen LogP contribution in [0.1, 0.15) is 44.6 Å². The van der Waals surface area contributed by atoms with E-state index < -0.39 is 11.5 Å². The van der Waals surface area contributed by atoms with Gasteiger partial charge in [-0.25, -0.2) is 0 Å². The summed E-state index contributed by atoms with van der Waals surface area (Å²) in [5, 5.41) is 9.07. The number of rotatable bonds is 4. The molecule has 0 amide bonds. The Balaban J connectivity index is 1.97. The smallest absolute Gasteiger partial charge is 0.323 e. The normalized spacial score (nSPS) is 26.6. The van der Waals surface area contributed by atoms with E-state index in [0.29, 0.717) is 25.2 Å². The maximum atomic E-state index is 11.1. The largest absolute Gasteiger partial charge is 0.490 e. The van der Waals surface area contributed by atoms with Gasteiger partial charge in [0, 0.05) is 6.42 Å². The van der Waals surface area contributed by atoms with Crippen LogP contribution in [0.25, 0.3) is 0 Å². The minimum atomic E-state index is -1.12. The Labute approximate surface area is 113 Å². The molecule has 1 fully saturated rings. The summed E-state index contributed by atoms with van der Waals surface area (Å²) >= 11 is 0. The molecular formula is C15H21NO3. The highest BCUT2D eigenvalue weighted by Crippen LogP contribution is 2.31. The average molecular weight is 263 g/mol. The van der Waals surface area contributed by atoms with Gasteiger partial charge in [0.2, 0.25) is 0 Å². The van der Waals surface area contributed by atoms with Crippen molar-refractivity contribution in [3.8, 4) is 5.75 Å². The number of carboxylic acid groups (broad SMARTS) is 1. The predicted molar refractivity (Wildman–Crippen MR) is 73.4 cm³/mol. The van der Waals surface area contributed by atoms with Crippen LogP contribution < -0.4 is 10.5 Å². The van der Waals surface area contributed by atoms with E-state index in [2.05, 4.69) is 13.8 Å². The van der Waals surface area contributed by atoms with Crippen LogP contribution in [-0.2, 0) is 4.79 Å². The average Bonchev–Trinajstić information content (AvgIpc) is 2.73. The van der Waals surface area contributed by atoms with E-state index in [4.69, 9.17) is 15.6 Å². The molecule has 3 N–H and O–H groups in total. The topological polar surface area (TPSA) is 72.5 Å². The van der Waals surface area contributed by atoms with E-state index in [0.717, 1.165) is 5.75 Å². The lowest BCUT2D eigenvalue weighted by Gasteiger charge is -2.19. The first kappa shape index (κ1) is 13.9. The third kappa shape index (κ3) is 3.07. The summed E-state index contributed by atoms with van der Waals surface area (Å²) in [4.78, 5) is 11.1. The Morgan fingerprint density at radius 2 is 2.05 bits per heavy atom. The van der Waals surface area contributed by atoms with Crippen LogP contribution in [0.2, 0.25) is 0 Å². The number of ether oxygens (including phenoxy) is 1. The van der Waals surface area contributed by atoms with Gasteiger partial charge in [-0.05, 0) is 36.5 Å². The summed E-state index contributed by atoms with van der Waals surface area (Å²) < 4.78 is 5.81. The van der Waals surface area contributed by atoms with Gasteiger partial charge in [0.25, 0.3) is 0 Å². The van der Waals surface area contributed by atoms with Crippen molar-refractivity contribution in [2.45, 2.75) is 50.7 Å². The molecule has 0 saturated heterocycles. The fourth-order valence-electron chi connectivity index (χ4n) is 2.45. The van der Waals surface area contributed by atoms with Crippen LogP contribution in [0.15, 0.2) is 24.3 Å². The summed E-state index contributed by atoms with van der Waals surface area (Å²) in [6.07, 6.45) is 1.42. The molecule has 0 aliphatic heterocycles. The van der Waals surface area contributed by atoms with Crippen molar-refractivity contribution in [2.24, 2.45) is 5.73 Å².